The second kappa shape index (κ2) is 11.3. The van der Waals surface area contributed by atoms with Crippen molar-refractivity contribution < 1.29 is 76.7 Å². The summed E-state index contributed by atoms with van der Waals surface area (Å²) in [6.45, 7) is 8.72. The number of amides is 2. The van der Waals surface area contributed by atoms with E-state index in [-0.39, 0.29) is 37.3 Å². The van der Waals surface area contributed by atoms with Crippen molar-refractivity contribution in [1.29, 1.82) is 0 Å². The van der Waals surface area contributed by atoms with Crippen molar-refractivity contribution in [3.63, 3.8) is 0 Å². The third kappa shape index (κ3) is 8.27. The van der Waals surface area contributed by atoms with Crippen LogP contribution in [0.25, 0.3) is 0 Å². The zero-order chi connectivity index (χ0) is 18.5. The normalized spacial score (nSPS) is 21.9. The molecule has 1 rings (SSSR count). The molecule has 1 fully saturated rings. The molecular weight excluding hydrogens is 562 g/mol. The molecule has 2 amide bonds. The first kappa shape index (κ1) is 25.8. The Morgan fingerprint density at radius 3 is 2.08 bits per heavy atom. The van der Waals surface area contributed by atoms with E-state index in [9.17, 15) is 9.59 Å². The SMILES string of the molecule is CCCC(=O)[NH][Ti]1[Ti][Ti]([CH2]C)([CH2]C)[Ti][Ti]([Cl])([Cl])([NH]C(=O)CCC)[Ti]1. The van der Waals surface area contributed by atoms with E-state index >= 15 is 0 Å². The van der Waals surface area contributed by atoms with Gasteiger partial charge in [0, 0.05) is 0 Å². The Labute approximate surface area is 173 Å². The molecule has 0 unspecified atom stereocenters. The predicted molar refractivity (Wildman–Crippen MR) is 78.8 cm³/mol. The van der Waals surface area contributed by atoms with Gasteiger partial charge in [-0.3, -0.25) is 0 Å². The van der Waals surface area contributed by atoms with E-state index in [2.05, 4.69) is 21.4 Å². The van der Waals surface area contributed by atoms with Crippen LogP contribution >= 0.6 is 18.6 Å². The molecule has 1 saturated heterocycles. The first-order chi connectivity index (χ1) is 11.1. The Hall–Kier alpha value is 3.81. The molecule has 0 aromatic carbocycles. The van der Waals surface area contributed by atoms with Gasteiger partial charge >= 0.3 is 178 Å². The van der Waals surface area contributed by atoms with Crippen LogP contribution in [0, 0.1) is 0 Å². The molecule has 0 aromatic heterocycles. The summed E-state index contributed by atoms with van der Waals surface area (Å²) in [7, 11) is 8.80. The molecule has 4 nitrogen and oxygen atoms in total. The fraction of sp³-hybridized carbons (Fsp3) is 0.833. The van der Waals surface area contributed by atoms with Crippen molar-refractivity contribution in [2.75, 3.05) is 0 Å². The molecule has 0 aliphatic carbocycles. The monoisotopic (exact) mass is 588 g/mol. The standard InChI is InChI=1S/2C4H9NO.2C2H5.2ClH.6Ti/c2*1-2-3-4(5)6;2*1-2;;;;;;;;/h2*2-3H2,1H3,(H2,5,6);2*1H2,2H3;2*1H;;;;;;/q;;;;;;;;;;+1;+3/p-4. The zero-order valence-electron chi connectivity index (χ0n) is 14.8. The summed E-state index contributed by atoms with van der Waals surface area (Å²) in [6.07, 6.45) is 2.88. The van der Waals surface area contributed by atoms with Gasteiger partial charge in [-0.2, -0.15) is 0 Å². The summed E-state index contributed by atoms with van der Waals surface area (Å²) < 4.78 is 9.37. The van der Waals surface area contributed by atoms with Gasteiger partial charge in [-0.15, -0.1) is 0 Å². The van der Waals surface area contributed by atoms with Gasteiger partial charge in [0.1, 0.15) is 0 Å². The van der Waals surface area contributed by atoms with Crippen LogP contribution in [-0.4, -0.2) is 11.8 Å². The molecular formula is C12H26Cl2N2O2Ti6. The fourth-order valence-electron chi connectivity index (χ4n) is 2.66. The topological polar surface area (TPSA) is 58.2 Å². The Morgan fingerprint density at radius 2 is 1.58 bits per heavy atom. The van der Waals surface area contributed by atoms with Crippen molar-refractivity contribution in [3.05, 3.63) is 0 Å². The molecule has 0 bridgehead atoms. The van der Waals surface area contributed by atoms with Crippen LogP contribution in [0.4, 0.5) is 0 Å². The van der Waals surface area contributed by atoms with Crippen molar-refractivity contribution in [2.24, 2.45) is 0 Å². The first-order valence-electron chi connectivity index (χ1n) is 8.53. The Kier molecular flexibility index (Phi) is 12.1. The second-order valence-electron chi connectivity index (χ2n) is 6.15. The van der Waals surface area contributed by atoms with Crippen LogP contribution in [0.1, 0.15) is 53.4 Å². The van der Waals surface area contributed by atoms with Crippen molar-refractivity contribution in [3.8, 4) is 0 Å². The van der Waals surface area contributed by atoms with Crippen LogP contribution in [0.5, 0.6) is 0 Å². The number of carbonyl (C=O) groups is 2. The Balaban J connectivity index is 3.05. The summed E-state index contributed by atoms with van der Waals surface area (Å²) in [5.41, 5.74) is 0. The summed E-state index contributed by atoms with van der Waals surface area (Å²) in [5.74, 6) is 0.308. The molecule has 2 N–H and O–H groups in total. The number of halogens is 2. The molecule has 0 atom stereocenters. The maximum atomic E-state index is 12.3. The quantitative estimate of drug-likeness (QED) is 0.421. The summed E-state index contributed by atoms with van der Waals surface area (Å²) in [6, 6.07) is 0. The molecule has 1 aliphatic rings. The van der Waals surface area contributed by atoms with E-state index < -0.39 is 41.7 Å². The van der Waals surface area contributed by atoms with E-state index in [0.29, 0.717) is 12.8 Å². The summed E-state index contributed by atoms with van der Waals surface area (Å²) in [5, 5.41) is 0. The minimum absolute atomic E-state index is 0.0269. The summed E-state index contributed by atoms with van der Waals surface area (Å²) >= 11 is -2.46. The van der Waals surface area contributed by atoms with Crippen LogP contribution in [0.15, 0.2) is 0 Å². The molecule has 0 radical (unpaired) electrons. The van der Waals surface area contributed by atoms with Gasteiger partial charge in [-0.1, -0.05) is 0 Å². The van der Waals surface area contributed by atoms with Gasteiger partial charge in [0.05, 0.1) is 0 Å². The number of rotatable bonds is 8. The van der Waals surface area contributed by atoms with Crippen LogP contribution in [0.2, 0.25) is 9.45 Å². The number of nitrogens with one attached hydrogen (secondary N) is 2. The average Bonchev–Trinajstić information content (AvgIpc) is 2.45. The van der Waals surface area contributed by atoms with E-state index in [4.69, 9.17) is 18.6 Å². The minimum atomic E-state index is -3.78. The van der Waals surface area contributed by atoms with E-state index in [1.165, 1.54) is 9.45 Å². The molecule has 0 saturated carbocycles. The first-order valence-corrected chi connectivity index (χ1v) is 40.6. The van der Waals surface area contributed by atoms with Crippen LogP contribution < -0.4 is 7.60 Å². The predicted octanol–water partition coefficient (Wildman–Crippen LogP) is 4.05. The van der Waals surface area contributed by atoms with E-state index in [1.54, 1.807) is 0 Å². The third-order valence-corrected chi connectivity index (χ3v) is 212. The molecule has 1 aliphatic heterocycles. The number of hydrogen-bond acceptors (Lipinski definition) is 2. The van der Waals surface area contributed by atoms with Crippen molar-refractivity contribution >= 4 is 30.4 Å². The van der Waals surface area contributed by atoms with Crippen LogP contribution in [0.3, 0.4) is 0 Å². The van der Waals surface area contributed by atoms with Gasteiger partial charge < -0.3 is 0 Å². The van der Waals surface area contributed by atoms with Gasteiger partial charge in [-0.25, -0.2) is 0 Å². The number of hydrogen-bond donors (Lipinski definition) is 2. The molecule has 24 heavy (non-hydrogen) atoms. The molecule has 0 aromatic rings. The van der Waals surface area contributed by atoms with Crippen molar-refractivity contribution in [1.82, 2.24) is 7.60 Å². The number of carbonyl (C=O) groups excluding carboxylic acids is 2. The van der Waals surface area contributed by atoms with Gasteiger partial charge in [0.15, 0.2) is 0 Å². The Morgan fingerprint density at radius 1 is 1.04 bits per heavy atom. The van der Waals surface area contributed by atoms with Crippen molar-refractivity contribution in [2.45, 2.75) is 62.8 Å². The summed E-state index contributed by atoms with van der Waals surface area (Å²) in [4.78, 5) is 24.5. The molecule has 1 heterocycles. The van der Waals surface area contributed by atoms with Gasteiger partial charge in [0.2, 0.25) is 0 Å². The van der Waals surface area contributed by atoms with Gasteiger partial charge in [-0.05, 0) is 0 Å². The molecule has 12 heteroatoms. The zero-order valence-corrected chi connectivity index (χ0v) is 25.7. The van der Waals surface area contributed by atoms with Gasteiger partial charge in [0.25, 0.3) is 0 Å². The average molecular weight is 588 g/mol. The third-order valence-electron chi connectivity index (χ3n) is 3.95. The van der Waals surface area contributed by atoms with E-state index in [1.807, 2.05) is 13.8 Å². The molecule has 0 spiro atoms. The molecule has 134 valence electrons. The fourth-order valence-corrected chi connectivity index (χ4v) is 487. The maximum absolute atomic E-state index is 12.3. The Bertz CT molecular complexity index is 478. The van der Waals surface area contributed by atoms with Crippen LogP contribution in [-0.2, 0) is 76.7 Å². The van der Waals surface area contributed by atoms with E-state index in [0.717, 1.165) is 12.8 Å². The second-order valence-corrected chi connectivity index (χ2v) is 105.